The molecule has 1 aromatic carbocycles. The van der Waals surface area contributed by atoms with Gasteiger partial charge in [-0.05, 0) is 37.2 Å². The molecule has 0 spiro atoms. The topological polar surface area (TPSA) is 28.7 Å². The van der Waals surface area contributed by atoms with Crippen molar-refractivity contribution in [2.75, 3.05) is 0 Å². The number of benzene rings is 1. The molecule has 0 unspecified atom stereocenters. The standard InChI is InChI=1S/C16H20N2/c1-11(2)12-7-9-13(10-8-12)16-17-14-5-3-4-6-15(14)18-16/h7-11H,3-6H2,1-2H3,(H,17,18). The first-order valence-electron chi connectivity index (χ1n) is 6.92. The van der Waals surface area contributed by atoms with Gasteiger partial charge < -0.3 is 4.98 Å². The van der Waals surface area contributed by atoms with Gasteiger partial charge in [0.1, 0.15) is 5.82 Å². The lowest BCUT2D eigenvalue weighted by Crippen LogP contribution is -2.00. The number of imidazole rings is 1. The number of nitrogens with zero attached hydrogens (tertiary/aromatic N) is 1. The quantitative estimate of drug-likeness (QED) is 0.842. The van der Waals surface area contributed by atoms with Gasteiger partial charge in [-0.25, -0.2) is 4.98 Å². The van der Waals surface area contributed by atoms with Crippen molar-refractivity contribution in [3.63, 3.8) is 0 Å². The van der Waals surface area contributed by atoms with E-state index >= 15 is 0 Å². The first-order valence-corrected chi connectivity index (χ1v) is 6.92. The number of rotatable bonds is 2. The zero-order valence-corrected chi connectivity index (χ0v) is 11.2. The van der Waals surface area contributed by atoms with Crippen molar-refractivity contribution in [2.24, 2.45) is 0 Å². The Balaban J connectivity index is 1.92. The van der Waals surface area contributed by atoms with Gasteiger partial charge in [0.2, 0.25) is 0 Å². The maximum absolute atomic E-state index is 4.74. The fourth-order valence-electron chi connectivity index (χ4n) is 2.62. The van der Waals surface area contributed by atoms with Crippen molar-refractivity contribution < 1.29 is 0 Å². The van der Waals surface area contributed by atoms with Crippen LogP contribution in [-0.2, 0) is 12.8 Å². The van der Waals surface area contributed by atoms with Crippen molar-refractivity contribution in [2.45, 2.75) is 45.4 Å². The second-order valence-electron chi connectivity index (χ2n) is 5.49. The molecule has 0 atom stereocenters. The van der Waals surface area contributed by atoms with Crippen LogP contribution < -0.4 is 0 Å². The van der Waals surface area contributed by atoms with E-state index in [1.165, 1.54) is 35.4 Å². The number of hydrogen-bond acceptors (Lipinski definition) is 1. The predicted molar refractivity (Wildman–Crippen MR) is 74.8 cm³/mol. The Morgan fingerprint density at radius 2 is 1.78 bits per heavy atom. The molecule has 3 rings (SSSR count). The first-order chi connectivity index (χ1) is 8.74. The number of aryl methyl sites for hydroxylation is 2. The lowest BCUT2D eigenvalue weighted by atomic mass is 10.0. The van der Waals surface area contributed by atoms with Crippen molar-refractivity contribution in [3.8, 4) is 11.4 Å². The van der Waals surface area contributed by atoms with E-state index in [0.717, 1.165) is 18.7 Å². The summed E-state index contributed by atoms with van der Waals surface area (Å²) in [6, 6.07) is 8.78. The maximum atomic E-state index is 4.74. The van der Waals surface area contributed by atoms with E-state index in [-0.39, 0.29) is 0 Å². The van der Waals surface area contributed by atoms with Crippen LogP contribution in [0.15, 0.2) is 24.3 Å². The van der Waals surface area contributed by atoms with E-state index in [1.807, 2.05) is 0 Å². The summed E-state index contributed by atoms with van der Waals surface area (Å²) in [5, 5.41) is 0. The average molecular weight is 240 g/mol. The minimum atomic E-state index is 0.587. The van der Waals surface area contributed by atoms with E-state index in [4.69, 9.17) is 4.98 Å². The molecule has 0 fully saturated rings. The normalized spacial score (nSPS) is 14.8. The molecule has 2 aromatic rings. The Labute approximate surface area is 108 Å². The number of aromatic amines is 1. The van der Waals surface area contributed by atoms with Gasteiger partial charge in [0.05, 0.1) is 5.69 Å². The van der Waals surface area contributed by atoms with Crippen LogP contribution in [0.5, 0.6) is 0 Å². The van der Waals surface area contributed by atoms with Crippen LogP contribution in [0.4, 0.5) is 0 Å². The summed E-state index contributed by atoms with van der Waals surface area (Å²) in [5.41, 5.74) is 5.22. The Bertz CT molecular complexity index is 511. The molecule has 1 heterocycles. The van der Waals surface area contributed by atoms with Crippen LogP contribution in [0.1, 0.15) is 49.6 Å². The summed E-state index contributed by atoms with van der Waals surface area (Å²) in [5.74, 6) is 1.63. The van der Waals surface area contributed by atoms with Gasteiger partial charge in [-0.3, -0.25) is 0 Å². The maximum Gasteiger partial charge on any atom is 0.137 e. The van der Waals surface area contributed by atoms with Crippen molar-refractivity contribution in [3.05, 3.63) is 41.2 Å². The molecule has 0 bridgehead atoms. The molecule has 2 heteroatoms. The highest BCUT2D eigenvalue weighted by molar-refractivity contribution is 5.56. The zero-order valence-electron chi connectivity index (χ0n) is 11.2. The van der Waals surface area contributed by atoms with Crippen LogP contribution in [0.25, 0.3) is 11.4 Å². The molecule has 1 aliphatic rings. The highest BCUT2D eigenvalue weighted by Gasteiger charge is 2.15. The fourth-order valence-corrected chi connectivity index (χ4v) is 2.62. The summed E-state index contributed by atoms with van der Waals surface area (Å²) < 4.78 is 0. The number of hydrogen-bond donors (Lipinski definition) is 1. The molecule has 94 valence electrons. The van der Waals surface area contributed by atoms with Gasteiger partial charge in [-0.2, -0.15) is 0 Å². The first kappa shape index (κ1) is 11.5. The second kappa shape index (κ2) is 4.60. The summed E-state index contributed by atoms with van der Waals surface area (Å²) in [6.07, 6.45) is 4.87. The highest BCUT2D eigenvalue weighted by atomic mass is 14.9. The predicted octanol–water partition coefficient (Wildman–Crippen LogP) is 4.08. The van der Waals surface area contributed by atoms with Gasteiger partial charge in [-0.1, -0.05) is 38.1 Å². The molecule has 2 nitrogen and oxygen atoms in total. The molecule has 1 N–H and O–H groups in total. The third-order valence-corrected chi connectivity index (χ3v) is 3.81. The molecule has 18 heavy (non-hydrogen) atoms. The Hall–Kier alpha value is -1.57. The molecule has 0 aliphatic heterocycles. The van der Waals surface area contributed by atoms with Gasteiger partial charge in [-0.15, -0.1) is 0 Å². The van der Waals surface area contributed by atoms with E-state index in [9.17, 15) is 0 Å². The molecule has 1 aromatic heterocycles. The summed E-state index contributed by atoms with van der Waals surface area (Å²) >= 11 is 0. The molecule has 0 saturated carbocycles. The fraction of sp³-hybridized carbons (Fsp3) is 0.438. The Kier molecular flexibility index (Phi) is 2.94. The Morgan fingerprint density at radius 3 is 2.44 bits per heavy atom. The number of fused-ring (bicyclic) bond motifs is 1. The minimum Gasteiger partial charge on any atom is -0.342 e. The van der Waals surface area contributed by atoms with Crippen LogP contribution in [-0.4, -0.2) is 9.97 Å². The van der Waals surface area contributed by atoms with Crippen molar-refractivity contribution in [1.29, 1.82) is 0 Å². The van der Waals surface area contributed by atoms with Crippen molar-refractivity contribution >= 4 is 0 Å². The molecule has 0 radical (unpaired) electrons. The van der Waals surface area contributed by atoms with E-state index in [1.54, 1.807) is 0 Å². The highest BCUT2D eigenvalue weighted by Crippen LogP contribution is 2.25. The largest absolute Gasteiger partial charge is 0.342 e. The summed E-state index contributed by atoms with van der Waals surface area (Å²) in [7, 11) is 0. The lowest BCUT2D eigenvalue weighted by molar-refractivity contribution is 0.667. The Morgan fingerprint density at radius 1 is 1.06 bits per heavy atom. The number of H-pyrrole nitrogens is 1. The van der Waals surface area contributed by atoms with Gasteiger partial charge in [0, 0.05) is 11.3 Å². The summed E-state index contributed by atoms with van der Waals surface area (Å²) in [4.78, 5) is 8.23. The third kappa shape index (κ3) is 2.07. The van der Waals surface area contributed by atoms with E-state index in [2.05, 4.69) is 43.1 Å². The van der Waals surface area contributed by atoms with Crippen LogP contribution in [0.3, 0.4) is 0 Å². The summed E-state index contributed by atoms with van der Waals surface area (Å²) in [6.45, 7) is 4.45. The molecular weight excluding hydrogens is 220 g/mol. The smallest absolute Gasteiger partial charge is 0.137 e. The number of nitrogens with one attached hydrogen (secondary N) is 1. The van der Waals surface area contributed by atoms with Crippen molar-refractivity contribution in [1.82, 2.24) is 9.97 Å². The third-order valence-electron chi connectivity index (χ3n) is 3.81. The van der Waals surface area contributed by atoms with Gasteiger partial charge in [0.25, 0.3) is 0 Å². The molecule has 1 aliphatic carbocycles. The van der Waals surface area contributed by atoms with E-state index < -0.39 is 0 Å². The second-order valence-corrected chi connectivity index (χ2v) is 5.49. The molecular formula is C16H20N2. The van der Waals surface area contributed by atoms with E-state index in [0.29, 0.717) is 5.92 Å². The van der Waals surface area contributed by atoms with Crippen LogP contribution in [0.2, 0.25) is 0 Å². The lowest BCUT2D eigenvalue weighted by Gasteiger charge is -2.07. The average Bonchev–Trinajstić information content (AvgIpc) is 2.82. The SMILES string of the molecule is CC(C)c1ccc(-c2nc3c([nH]2)CCCC3)cc1. The van der Waals surface area contributed by atoms with Gasteiger partial charge >= 0.3 is 0 Å². The van der Waals surface area contributed by atoms with Crippen LogP contribution in [0, 0.1) is 0 Å². The number of aromatic nitrogens is 2. The van der Waals surface area contributed by atoms with Crippen LogP contribution >= 0.6 is 0 Å². The monoisotopic (exact) mass is 240 g/mol. The van der Waals surface area contributed by atoms with Gasteiger partial charge in [0.15, 0.2) is 0 Å². The zero-order chi connectivity index (χ0) is 12.5. The molecule has 0 amide bonds. The minimum absolute atomic E-state index is 0.587. The molecule has 0 saturated heterocycles.